The van der Waals surface area contributed by atoms with Crippen LogP contribution in [0.5, 0.6) is 0 Å². The van der Waals surface area contributed by atoms with Crippen LogP contribution in [0.25, 0.3) is 0 Å². The molecule has 5 heteroatoms. The Bertz CT molecular complexity index is 500. The highest BCUT2D eigenvalue weighted by Crippen LogP contribution is 2.48. The number of nitrogens with zero attached hydrogens (tertiary/aromatic N) is 1. The Morgan fingerprint density at radius 2 is 2.09 bits per heavy atom. The van der Waals surface area contributed by atoms with Crippen molar-refractivity contribution < 1.29 is 4.39 Å². The summed E-state index contributed by atoms with van der Waals surface area (Å²) in [5.41, 5.74) is 1.12. The minimum atomic E-state index is -0.160. The lowest BCUT2D eigenvalue weighted by Gasteiger charge is -2.18. The second kappa shape index (κ2) is 8.70. The van der Waals surface area contributed by atoms with Crippen LogP contribution in [0.1, 0.15) is 45.6 Å². The summed E-state index contributed by atoms with van der Waals surface area (Å²) in [6.45, 7) is 7.91. The molecule has 3 nitrogen and oxygen atoms in total. The van der Waals surface area contributed by atoms with Gasteiger partial charge in [0.05, 0.1) is 6.54 Å². The van der Waals surface area contributed by atoms with E-state index in [1.54, 1.807) is 12.1 Å². The first-order chi connectivity index (χ1) is 10.1. The third-order valence-electron chi connectivity index (χ3n) is 4.17. The first-order valence-corrected chi connectivity index (χ1v) is 7.90. The first kappa shape index (κ1) is 19.2. The number of nitrogens with one attached hydrogen (secondary N) is 2. The van der Waals surface area contributed by atoms with Crippen molar-refractivity contribution in [3.8, 4) is 0 Å². The number of benzene rings is 1. The summed E-state index contributed by atoms with van der Waals surface area (Å²) in [4.78, 5) is 4.71. The average molecular weight is 419 g/mol. The summed E-state index contributed by atoms with van der Waals surface area (Å²) in [6.07, 6.45) is 3.23. The third-order valence-corrected chi connectivity index (χ3v) is 4.17. The van der Waals surface area contributed by atoms with E-state index >= 15 is 0 Å². The molecule has 1 aromatic rings. The zero-order valence-electron chi connectivity index (χ0n) is 13.7. The molecule has 1 atom stereocenters. The third kappa shape index (κ3) is 5.11. The molecular formula is C17H27FIN3. The largest absolute Gasteiger partial charge is 0.357 e. The summed E-state index contributed by atoms with van der Waals surface area (Å²) in [7, 11) is 0. The van der Waals surface area contributed by atoms with Gasteiger partial charge >= 0.3 is 0 Å². The van der Waals surface area contributed by atoms with Gasteiger partial charge in [-0.3, -0.25) is 4.99 Å². The normalized spacial score (nSPS) is 17.4. The van der Waals surface area contributed by atoms with Crippen LogP contribution in [0.15, 0.2) is 29.3 Å². The molecule has 0 saturated heterocycles. The van der Waals surface area contributed by atoms with Gasteiger partial charge in [0, 0.05) is 18.0 Å². The van der Waals surface area contributed by atoms with Crippen molar-refractivity contribution in [1.29, 1.82) is 0 Å². The molecule has 0 heterocycles. The van der Waals surface area contributed by atoms with E-state index in [4.69, 9.17) is 4.99 Å². The number of guanidine groups is 1. The first-order valence-electron chi connectivity index (χ1n) is 7.90. The van der Waals surface area contributed by atoms with Crippen molar-refractivity contribution in [3.05, 3.63) is 35.6 Å². The maximum atomic E-state index is 13.4. The predicted octanol–water partition coefficient (Wildman–Crippen LogP) is 3.83. The van der Waals surface area contributed by atoms with E-state index in [0.29, 0.717) is 12.6 Å². The van der Waals surface area contributed by atoms with E-state index in [2.05, 4.69) is 31.4 Å². The van der Waals surface area contributed by atoms with Crippen molar-refractivity contribution in [1.82, 2.24) is 10.6 Å². The van der Waals surface area contributed by atoms with Crippen LogP contribution in [0, 0.1) is 5.82 Å². The van der Waals surface area contributed by atoms with Crippen LogP contribution in [-0.4, -0.2) is 25.1 Å². The fourth-order valence-corrected chi connectivity index (χ4v) is 2.39. The van der Waals surface area contributed by atoms with E-state index in [0.717, 1.165) is 37.3 Å². The second-order valence-electron chi connectivity index (χ2n) is 5.94. The molecule has 1 aliphatic rings. The Morgan fingerprint density at radius 1 is 1.36 bits per heavy atom. The monoisotopic (exact) mass is 419 g/mol. The summed E-state index contributed by atoms with van der Waals surface area (Å²) in [5, 5.41) is 6.67. The van der Waals surface area contributed by atoms with Gasteiger partial charge in [-0.25, -0.2) is 4.39 Å². The fourth-order valence-electron chi connectivity index (χ4n) is 2.39. The number of hydrogen-bond acceptors (Lipinski definition) is 1. The van der Waals surface area contributed by atoms with Crippen LogP contribution < -0.4 is 10.6 Å². The van der Waals surface area contributed by atoms with Gasteiger partial charge in [-0.05, 0) is 50.8 Å². The maximum absolute atomic E-state index is 13.4. The summed E-state index contributed by atoms with van der Waals surface area (Å²) >= 11 is 0. The van der Waals surface area contributed by atoms with Crippen LogP contribution in [0.4, 0.5) is 4.39 Å². The van der Waals surface area contributed by atoms with Crippen molar-refractivity contribution in [2.45, 2.75) is 51.5 Å². The molecule has 0 amide bonds. The lowest BCUT2D eigenvalue weighted by Crippen LogP contribution is -2.42. The summed E-state index contributed by atoms with van der Waals surface area (Å²) < 4.78 is 13.4. The van der Waals surface area contributed by atoms with Gasteiger partial charge in [0.15, 0.2) is 5.96 Å². The molecular weight excluding hydrogens is 392 g/mol. The highest BCUT2D eigenvalue weighted by atomic mass is 127. The lowest BCUT2D eigenvalue weighted by molar-refractivity contribution is 0.609. The molecule has 0 spiro atoms. The Balaban J connectivity index is 0.00000242. The van der Waals surface area contributed by atoms with Gasteiger partial charge in [-0.2, -0.15) is 0 Å². The molecule has 1 fully saturated rings. The maximum Gasteiger partial charge on any atom is 0.191 e. The molecule has 0 radical (unpaired) electrons. The molecule has 2 N–H and O–H groups in total. The Labute approximate surface area is 150 Å². The topological polar surface area (TPSA) is 36.4 Å². The number of hydrogen-bond donors (Lipinski definition) is 2. The Kier molecular flexibility index (Phi) is 7.59. The lowest BCUT2D eigenvalue weighted by atomic mass is 9.96. The highest BCUT2D eigenvalue weighted by molar-refractivity contribution is 14.0. The van der Waals surface area contributed by atoms with Gasteiger partial charge in [-0.15, -0.1) is 24.0 Å². The number of rotatable bonds is 6. The molecule has 0 aromatic heterocycles. The Hall–Kier alpha value is -0.850. The Morgan fingerprint density at radius 3 is 2.64 bits per heavy atom. The SMILES string of the molecule is CCNC(=NCC1(c2cccc(F)c2)CC1)NC(C)CC.I. The molecule has 2 rings (SSSR count). The molecule has 0 bridgehead atoms. The van der Waals surface area contributed by atoms with Gasteiger partial charge in [0.1, 0.15) is 5.82 Å². The molecule has 1 unspecified atom stereocenters. The van der Waals surface area contributed by atoms with Gasteiger partial charge < -0.3 is 10.6 Å². The zero-order valence-corrected chi connectivity index (χ0v) is 16.0. The molecule has 124 valence electrons. The van der Waals surface area contributed by atoms with Crippen LogP contribution >= 0.6 is 24.0 Å². The van der Waals surface area contributed by atoms with E-state index in [1.165, 1.54) is 6.07 Å². The average Bonchev–Trinajstić information content (AvgIpc) is 3.26. The molecule has 1 aromatic carbocycles. The van der Waals surface area contributed by atoms with Crippen molar-refractivity contribution in [2.24, 2.45) is 4.99 Å². The van der Waals surface area contributed by atoms with Gasteiger partial charge in [0.2, 0.25) is 0 Å². The van der Waals surface area contributed by atoms with Crippen molar-refractivity contribution in [2.75, 3.05) is 13.1 Å². The van der Waals surface area contributed by atoms with E-state index in [1.807, 2.05) is 6.07 Å². The summed E-state index contributed by atoms with van der Waals surface area (Å²) in [5.74, 6) is 0.696. The van der Waals surface area contributed by atoms with Gasteiger partial charge in [-0.1, -0.05) is 19.1 Å². The number of halogens is 2. The van der Waals surface area contributed by atoms with E-state index in [9.17, 15) is 4.39 Å². The van der Waals surface area contributed by atoms with E-state index < -0.39 is 0 Å². The minimum Gasteiger partial charge on any atom is -0.357 e. The van der Waals surface area contributed by atoms with Crippen LogP contribution in [0.2, 0.25) is 0 Å². The predicted molar refractivity (Wildman–Crippen MR) is 102 cm³/mol. The molecule has 0 aliphatic heterocycles. The zero-order chi connectivity index (χ0) is 15.3. The minimum absolute atomic E-state index is 0. The van der Waals surface area contributed by atoms with Crippen molar-refractivity contribution >= 4 is 29.9 Å². The van der Waals surface area contributed by atoms with Gasteiger partial charge in [0.25, 0.3) is 0 Å². The molecule has 1 saturated carbocycles. The van der Waals surface area contributed by atoms with Crippen molar-refractivity contribution in [3.63, 3.8) is 0 Å². The fraction of sp³-hybridized carbons (Fsp3) is 0.588. The standard InChI is InChI=1S/C17H26FN3.HI/c1-4-13(3)21-16(19-5-2)20-12-17(9-10-17)14-7-6-8-15(18)11-14;/h6-8,11,13H,4-5,9-10,12H2,1-3H3,(H2,19,20,21);1H. The summed E-state index contributed by atoms with van der Waals surface area (Å²) in [6, 6.07) is 7.35. The second-order valence-corrected chi connectivity index (χ2v) is 5.94. The highest BCUT2D eigenvalue weighted by Gasteiger charge is 2.44. The molecule has 1 aliphatic carbocycles. The smallest absolute Gasteiger partial charge is 0.191 e. The van der Waals surface area contributed by atoms with Crippen LogP contribution in [-0.2, 0) is 5.41 Å². The van der Waals surface area contributed by atoms with E-state index in [-0.39, 0.29) is 35.2 Å². The number of aliphatic imine (C=N–C) groups is 1. The molecule has 22 heavy (non-hydrogen) atoms. The van der Waals surface area contributed by atoms with Crippen LogP contribution in [0.3, 0.4) is 0 Å². The quantitative estimate of drug-likeness (QED) is 0.418.